The molecule has 0 aromatic carbocycles. The van der Waals surface area contributed by atoms with Crippen LogP contribution in [0.25, 0.3) is 5.65 Å². The molecule has 2 aromatic rings. The quantitative estimate of drug-likeness (QED) is 0.810. The Bertz CT molecular complexity index is 587. The summed E-state index contributed by atoms with van der Waals surface area (Å²) in [7, 11) is -2.93. The first-order valence-corrected chi connectivity index (χ1v) is 7.96. The second-order valence-corrected chi connectivity index (χ2v) is 6.29. The molecule has 3 rings (SSSR count). The van der Waals surface area contributed by atoms with Gasteiger partial charge in [0, 0.05) is 44.8 Å². The summed E-state index contributed by atoms with van der Waals surface area (Å²) in [6, 6.07) is 5.93. The third-order valence-corrected chi connectivity index (χ3v) is 4.15. The van der Waals surface area contributed by atoms with Crippen LogP contribution in [0.4, 0.5) is 0 Å². The molecule has 0 radical (unpaired) electrons. The van der Waals surface area contributed by atoms with Gasteiger partial charge in [-0.25, -0.2) is 13.4 Å². The average molecular weight is 282 g/mol. The summed E-state index contributed by atoms with van der Waals surface area (Å²) in [5.74, 6) is 0. The first-order valence-electron chi connectivity index (χ1n) is 6.11. The highest BCUT2D eigenvalue weighted by molar-refractivity contribution is 7.88. The van der Waals surface area contributed by atoms with Crippen LogP contribution in [0.1, 0.15) is 0 Å². The number of pyridine rings is 1. The van der Waals surface area contributed by atoms with E-state index in [4.69, 9.17) is 0 Å². The third kappa shape index (κ3) is 4.02. The fourth-order valence-electron chi connectivity index (χ4n) is 1.84. The Kier molecular flexibility index (Phi) is 4.52. The SMILES string of the molecule is CS(=O)(=O)N1CCNCC1.c1ccn2ccnc2c1. The van der Waals surface area contributed by atoms with Crippen LogP contribution in [-0.2, 0) is 10.0 Å². The van der Waals surface area contributed by atoms with Gasteiger partial charge in [-0.2, -0.15) is 4.31 Å². The van der Waals surface area contributed by atoms with Crippen molar-refractivity contribution in [1.82, 2.24) is 19.0 Å². The second kappa shape index (κ2) is 6.14. The summed E-state index contributed by atoms with van der Waals surface area (Å²) in [5, 5.41) is 3.08. The summed E-state index contributed by atoms with van der Waals surface area (Å²) < 4.78 is 25.2. The van der Waals surface area contributed by atoms with E-state index in [-0.39, 0.29) is 0 Å². The van der Waals surface area contributed by atoms with Crippen LogP contribution in [0.2, 0.25) is 0 Å². The minimum Gasteiger partial charge on any atom is -0.314 e. The van der Waals surface area contributed by atoms with E-state index in [1.807, 2.05) is 35.0 Å². The minimum absolute atomic E-state index is 0.610. The number of hydrogen-bond donors (Lipinski definition) is 1. The Morgan fingerprint density at radius 1 is 1.21 bits per heavy atom. The molecule has 1 aliphatic heterocycles. The van der Waals surface area contributed by atoms with Crippen LogP contribution in [-0.4, -0.2) is 54.5 Å². The average Bonchev–Trinajstić information content (AvgIpc) is 2.88. The lowest BCUT2D eigenvalue weighted by Gasteiger charge is -2.24. The van der Waals surface area contributed by atoms with Crippen LogP contribution < -0.4 is 5.32 Å². The van der Waals surface area contributed by atoms with E-state index < -0.39 is 10.0 Å². The van der Waals surface area contributed by atoms with Crippen LogP contribution in [0, 0.1) is 0 Å². The van der Waals surface area contributed by atoms with Crippen molar-refractivity contribution in [3.05, 3.63) is 36.8 Å². The van der Waals surface area contributed by atoms with Gasteiger partial charge < -0.3 is 9.72 Å². The molecule has 1 saturated heterocycles. The molecule has 0 saturated carbocycles. The zero-order chi connectivity index (χ0) is 13.7. The topological polar surface area (TPSA) is 66.7 Å². The number of aromatic nitrogens is 2. The molecule has 0 bridgehead atoms. The molecular weight excluding hydrogens is 264 g/mol. The van der Waals surface area contributed by atoms with Crippen LogP contribution in [0.15, 0.2) is 36.8 Å². The maximum absolute atomic E-state index is 10.9. The summed E-state index contributed by atoms with van der Waals surface area (Å²) in [5.41, 5.74) is 0.998. The van der Waals surface area contributed by atoms with E-state index in [9.17, 15) is 8.42 Å². The van der Waals surface area contributed by atoms with Gasteiger partial charge in [0.1, 0.15) is 5.65 Å². The molecule has 0 unspecified atom stereocenters. The van der Waals surface area contributed by atoms with Crippen LogP contribution in [0.3, 0.4) is 0 Å². The smallest absolute Gasteiger partial charge is 0.211 e. The summed E-state index contributed by atoms with van der Waals surface area (Å²) in [6.07, 6.45) is 6.94. The molecule has 1 N–H and O–H groups in total. The monoisotopic (exact) mass is 282 g/mol. The molecule has 104 valence electrons. The molecule has 1 fully saturated rings. The van der Waals surface area contributed by atoms with Crippen molar-refractivity contribution in [2.45, 2.75) is 0 Å². The highest BCUT2D eigenvalue weighted by atomic mass is 32.2. The number of sulfonamides is 1. The van der Waals surface area contributed by atoms with E-state index >= 15 is 0 Å². The van der Waals surface area contributed by atoms with Crippen molar-refractivity contribution in [1.29, 1.82) is 0 Å². The van der Waals surface area contributed by atoms with Gasteiger partial charge in [-0.1, -0.05) is 6.07 Å². The standard InChI is InChI=1S/C7H6N2.C5H12N2O2S/c1-2-5-9-6-4-8-7(9)3-1;1-10(8,9)7-4-2-6-3-5-7/h1-6H;6H,2-5H2,1H3. The first-order chi connectivity index (χ1) is 9.07. The Morgan fingerprint density at radius 2 is 1.95 bits per heavy atom. The number of rotatable bonds is 1. The Hall–Kier alpha value is -1.44. The highest BCUT2D eigenvalue weighted by Crippen LogP contribution is 1.98. The molecule has 3 heterocycles. The van der Waals surface area contributed by atoms with Crippen molar-refractivity contribution < 1.29 is 8.42 Å². The van der Waals surface area contributed by atoms with Crippen LogP contribution >= 0.6 is 0 Å². The van der Waals surface area contributed by atoms with Gasteiger partial charge in [-0.15, -0.1) is 0 Å². The zero-order valence-corrected chi connectivity index (χ0v) is 11.7. The third-order valence-electron chi connectivity index (χ3n) is 2.85. The number of piperazine rings is 1. The molecule has 6 nitrogen and oxygen atoms in total. The predicted octanol–water partition coefficient (Wildman–Crippen LogP) is 0.186. The largest absolute Gasteiger partial charge is 0.314 e. The van der Waals surface area contributed by atoms with Crippen molar-refractivity contribution in [2.24, 2.45) is 0 Å². The Balaban J connectivity index is 0.000000141. The lowest BCUT2D eigenvalue weighted by Crippen LogP contribution is -2.45. The van der Waals surface area contributed by atoms with Gasteiger partial charge >= 0.3 is 0 Å². The molecule has 19 heavy (non-hydrogen) atoms. The summed E-state index contributed by atoms with van der Waals surface area (Å²) >= 11 is 0. The van der Waals surface area contributed by atoms with Gasteiger partial charge in [0.15, 0.2) is 0 Å². The number of hydrogen-bond acceptors (Lipinski definition) is 4. The predicted molar refractivity (Wildman–Crippen MR) is 74.5 cm³/mol. The minimum atomic E-state index is -2.93. The number of nitrogens with zero attached hydrogens (tertiary/aromatic N) is 3. The highest BCUT2D eigenvalue weighted by Gasteiger charge is 2.17. The van der Waals surface area contributed by atoms with E-state index in [1.54, 1.807) is 6.20 Å². The van der Waals surface area contributed by atoms with E-state index in [2.05, 4.69) is 10.3 Å². The van der Waals surface area contributed by atoms with Crippen molar-refractivity contribution >= 4 is 15.7 Å². The van der Waals surface area contributed by atoms with Gasteiger partial charge in [0.05, 0.1) is 6.26 Å². The second-order valence-electron chi connectivity index (χ2n) is 4.31. The summed E-state index contributed by atoms with van der Waals surface area (Å²) in [6.45, 7) is 2.76. The van der Waals surface area contributed by atoms with Crippen LogP contribution in [0.5, 0.6) is 0 Å². The normalized spacial score (nSPS) is 16.9. The van der Waals surface area contributed by atoms with Crippen molar-refractivity contribution in [2.75, 3.05) is 32.4 Å². The fourth-order valence-corrected chi connectivity index (χ4v) is 2.69. The fraction of sp³-hybridized carbons (Fsp3) is 0.417. The molecule has 7 heteroatoms. The van der Waals surface area contributed by atoms with Gasteiger partial charge in [0.25, 0.3) is 0 Å². The molecule has 0 aliphatic carbocycles. The zero-order valence-electron chi connectivity index (χ0n) is 10.9. The first kappa shape index (κ1) is 14.0. The Morgan fingerprint density at radius 3 is 2.53 bits per heavy atom. The number of imidazole rings is 1. The van der Waals surface area contributed by atoms with E-state index in [0.29, 0.717) is 13.1 Å². The van der Waals surface area contributed by atoms with Crippen molar-refractivity contribution in [3.8, 4) is 0 Å². The maximum atomic E-state index is 10.9. The molecular formula is C12H18N4O2S. The Labute approximate surface area is 113 Å². The van der Waals surface area contributed by atoms with Gasteiger partial charge in [-0.05, 0) is 12.1 Å². The van der Waals surface area contributed by atoms with Crippen molar-refractivity contribution in [3.63, 3.8) is 0 Å². The van der Waals surface area contributed by atoms with Gasteiger partial charge in [-0.3, -0.25) is 0 Å². The lowest BCUT2D eigenvalue weighted by molar-refractivity contribution is 0.363. The summed E-state index contributed by atoms with van der Waals surface area (Å²) in [4.78, 5) is 4.08. The molecule has 1 aliphatic rings. The number of nitrogens with one attached hydrogen (secondary N) is 1. The lowest BCUT2D eigenvalue weighted by atomic mass is 10.4. The molecule has 2 aromatic heterocycles. The van der Waals surface area contributed by atoms with E-state index in [1.165, 1.54) is 10.6 Å². The molecule has 0 atom stereocenters. The molecule has 0 amide bonds. The van der Waals surface area contributed by atoms with E-state index in [0.717, 1.165) is 18.7 Å². The maximum Gasteiger partial charge on any atom is 0.211 e. The van der Waals surface area contributed by atoms with Gasteiger partial charge in [0.2, 0.25) is 10.0 Å². The molecule has 0 spiro atoms. The number of fused-ring (bicyclic) bond motifs is 1.